The molecule has 5 rings (SSSR count). The van der Waals surface area contributed by atoms with Crippen molar-refractivity contribution >= 4 is 29.1 Å². The summed E-state index contributed by atoms with van der Waals surface area (Å²) in [5.41, 5.74) is 1.54. The Morgan fingerprint density at radius 1 is 0.951 bits per heavy atom. The minimum atomic E-state index is -4.43. The number of anilines is 2. The average molecular weight is 567 g/mol. The number of fused-ring (bicyclic) bond motifs is 1. The Labute approximate surface area is 235 Å². The highest BCUT2D eigenvalue weighted by Gasteiger charge is 2.52. The summed E-state index contributed by atoms with van der Waals surface area (Å²) in [6.07, 6.45) is -3.52. The molecule has 1 fully saturated rings. The number of hydrogen-bond acceptors (Lipinski definition) is 5. The van der Waals surface area contributed by atoms with E-state index in [0.717, 1.165) is 11.3 Å². The molecular formula is C30H29F3N4O4. The van der Waals surface area contributed by atoms with Gasteiger partial charge in [0.2, 0.25) is 5.91 Å². The Morgan fingerprint density at radius 2 is 1.59 bits per heavy atom. The summed E-state index contributed by atoms with van der Waals surface area (Å²) < 4.78 is 42.3. The van der Waals surface area contributed by atoms with Gasteiger partial charge in [-0.25, -0.2) is 0 Å². The molecule has 0 bridgehead atoms. The molecule has 0 unspecified atom stereocenters. The molecule has 1 heterocycles. The fourth-order valence-corrected chi connectivity index (χ4v) is 4.81. The predicted octanol–water partition coefficient (Wildman–Crippen LogP) is 4.06. The van der Waals surface area contributed by atoms with Crippen molar-refractivity contribution in [3.63, 3.8) is 0 Å². The van der Waals surface area contributed by atoms with Crippen molar-refractivity contribution in [2.24, 2.45) is 0 Å². The molecule has 2 N–H and O–H groups in total. The number of alkyl halides is 3. The van der Waals surface area contributed by atoms with E-state index >= 15 is 0 Å². The van der Waals surface area contributed by atoms with E-state index in [9.17, 15) is 27.6 Å². The number of benzene rings is 3. The third-order valence-corrected chi connectivity index (χ3v) is 7.19. The summed E-state index contributed by atoms with van der Waals surface area (Å²) in [5.74, 6) is -1.01. The van der Waals surface area contributed by atoms with Crippen LogP contribution in [0.15, 0.2) is 78.9 Å². The zero-order valence-electron chi connectivity index (χ0n) is 22.3. The van der Waals surface area contributed by atoms with E-state index in [1.54, 1.807) is 55.6 Å². The molecule has 2 aliphatic rings. The summed E-state index contributed by atoms with van der Waals surface area (Å²) in [6.45, 7) is -0.921. The number of carbonyl (C=O) groups is 3. The molecule has 8 nitrogen and oxygen atoms in total. The van der Waals surface area contributed by atoms with Crippen LogP contribution in [0.25, 0.3) is 0 Å². The Hall–Kier alpha value is -4.54. The van der Waals surface area contributed by atoms with Gasteiger partial charge in [0.05, 0.1) is 11.4 Å². The van der Waals surface area contributed by atoms with Crippen LogP contribution in [0, 0.1) is 0 Å². The average Bonchev–Trinajstić information content (AvgIpc) is 3.76. The van der Waals surface area contributed by atoms with E-state index in [1.807, 2.05) is 23.1 Å². The molecule has 41 heavy (non-hydrogen) atoms. The van der Waals surface area contributed by atoms with Crippen molar-refractivity contribution in [3.05, 3.63) is 90.0 Å². The Morgan fingerprint density at radius 3 is 2.22 bits per heavy atom. The number of likely N-dealkylation sites (N-methyl/N-ethyl adjacent to an activating group) is 1. The molecule has 3 aromatic carbocycles. The van der Waals surface area contributed by atoms with Crippen LogP contribution < -0.4 is 25.2 Å². The number of amides is 3. The van der Waals surface area contributed by atoms with Crippen LogP contribution in [-0.2, 0) is 16.1 Å². The maximum Gasteiger partial charge on any atom is 0.422 e. The van der Waals surface area contributed by atoms with Gasteiger partial charge in [0.15, 0.2) is 6.61 Å². The second-order valence-corrected chi connectivity index (χ2v) is 10.2. The Kier molecular flexibility index (Phi) is 7.61. The van der Waals surface area contributed by atoms with Crippen LogP contribution in [0.4, 0.5) is 24.5 Å². The molecule has 3 amide bonds. The summed E-state index contributed by atoms with van der Waals surface area (Å²) >= 11 is 0. The second-order valence-electron chi connectivity index (χ2n) is 10.2. The summed E-state index contributed by atoms with van der Waals surface area (Å²) in [7, 11) is 1.64. The predicted molar refractivity (Wildman–Crippen MR) is 147 cm³/mol. The molecule has 1 aliphatic carbocycles. The lowest BCUT2D eigenvalue weighted by Crippen LogP contribution is -2.57. The van der Waals surface area contributed by atoms with Crippen molar-refractivity contribution in [1.82, 2.24) is 10.6 Å². The normalized spacial score (nSPS) is 17.8. The summed E-state index contributed by atoms with van der Waals surface area (Å²) in [6, 6.07) is 21.3. The largest absolute Gasteiger partial charge is 0.484 e. The maximum atomic E-state index is 13.5. The molecule has 1 atom stereocenters. The number of hydrogen-bond donors (Lipinski definition) is 2. The van der Waals surface area contributed by atoms with E-state index < -0.39 is 30.3 Å². The first-order valence-electron chi connectivity index (χ1n) is 13.1. The monoisotopic (exact) mass is 566 g/mol. The van der Waals surface area contributed by atoms with E-state index in [1.165, 1.54) is 17.0 Å². The zero-order chi connectivity index (χ0) is 29.2. The highest BCUT2D eigenvalue weighted by molar-refractivity contribution is 6.05. The lowest BCUT2D eigenvalue weighted by Gasteiger charge is -2.28. The topological polar surface area (TPSA) is 91.0 Å². The molecule has 1 aliphatic heterocycles. The van der Waals surface area contributed by atoms with Gasteiger partial charge in [0.1, 0.15) is 17.3 Å². The third-order valence-electron chi connectivity index (χ3n) is 7.19. The van der Waals surface area contributed by atoms with E-state index in [2.05, 4.69) is 10.6 Å². The lowest BCUT2D eigenvalue weighted by atomic mass is 10.1. The van der Waals surface area contributed by atoms with Crippen molar-refractivity contribution in [2.75, 3.05) is 30.0 Å². The molecular weight excluding hydrogens is 537 g/mol. The highest BCUT2D eigenvalue weighted by atomic mass is 19.4. The standard InChI is InChI=1S/C30H29F3N4O4/c1-36-24-9-5-6-10-25(24)37(17-20-11-13-22(14-12-20)41-19-30(31,32)33)18-23(27(36)39)34-28(40)29(15-16-29)35-26(38)21-7-3-2-4-8-21/h2-14,23H,15-19H2,1H3,(H,34,40)(H,35,38)/t23-/m1/s1. The summed E-state index contributed by atoms with van der Waals surface area (Å²) in [4.78, 5) is 43.1. The molecule has 0 aromatic heterocycles. The Bertz CT molecular complexity index is 1430. The molecule has 0 spiro atoms. The number of halogens is 3. The number of para-hydroxylation sites is 2. The van der Waals surface area contributed by atoms with Crippen LogP contribution in [0.5, 0.6) is 5.75 Å². The lowest BCUT2D eigenvalue weighted by molar-refractivity contribution is -0.153. The van der Waals surface area contributed by atoms with Crippen LogP contribution in [0.3, 0.4) is 0 Å². The fourth-order valence-electron chi connectivity index (χ4n) is 4.81. The number of carbonyl (C=O) groups excluding carboxylic acids is 3. The van der Waals surface area contributed by atoms with Crippen LogP contribution in [-0.4, -0.2) is 55.7 Å². The molecule has 0 radical (unpaired) electrons. The van der Waals surface area contributed by atoms with Gasteiger partial charge in [-0.05, 0) is 54.8 Å². The van der Waals surface area contributed by atoms with Crippen LogP contribution in [0.1, 0.15) is 28.8 Å². The van der Waals surface area contributed by atoms with E-state index in [4.69, 9.17) is 4.74 Å². The van der Waals surface area contributed by atoms with E-state index in [0.29, 0.717) is 30.6 Å². The number of ether oxygens (including phenoxy) is 1. The second kappa shape index (κ2) is 11.1. The number of nitrogens with zero attached hydrogens (tertiary/aromatic N) is 2. The SMILES string of the molecule is CN1C(=O)[C@H](NC(=O)C2(NC(=O)c3ccccc3)CC2)CN(Cc2ccc(OCC(F)(F)F)cc2)c2ccccc21. The first kappa shape index (κ1) is 28.0. The molecule has 3 aromatic rings. The van der Waals surface area contributed by atoms with Gasteiger partial charge < -0.3 is 25.2 Å². The van der Waals surface area contributed by atoms with Gasteiger partial charge in [0.25, 0.3) is 11.8 Å². The molecule has 11 heteroatoms. The minimum absolute atomic E-state index is 0.0923. The van der Waals surface area contributed by atoms with Gasteiger partial charge in [-0.1, -0.05) is 42.5 Å². The molecule has 0 saturated heterocycles. The van der Waals surface area contributed by atoms with Gasteiger partial charge in [-0.3, -0.25) is 14.4 Å². The van der Waals surface area contributed by atoms with Gasteiger partial charge >= 0.3 is 6.18 Å². The van der Waals surface area contributed by atoms with Gasteiger partial charge in [-0.2, -0.15) is 13.2 Å². The van der Waals surface area contributed by atoms with Crippen molar-refractivity contribution in [1.29, 1.82) is 0 Å². The van der Waals surface area contributed by atoms with Gasteiger partial charge in [0, 0.05) is 25.7 Å². The molecule has 214 valence electrons. The highest BCUT2D eigenvalue weighted by Crippen LogP contribution is 2.37. The van der Waals surface area contributed by atoms with Crippen molar-refractivity contribution in [2.45, 2.75) is 37.1 Å². The smallest absolute Gasteiger partial charge is 0.422 e. The Balaban J connectivity index is 1.33. The first-order chi connectivity index (χ1) is 19.5. The number of rotatable bonds is 8. The third kappa shape index (κ3) is 6.45. The fraction of sp³-hybridized carbons (Fsp3) is 0.300. The quantitative estimate of drug-likeness (QED) is 0.429. The van der Waals surface area contributed by atoms with Crippen molar-refractivity contribution < 1.29 is 32.3 Å². The zero-order valence-corrected chi connectivity index (χ0v) is 22.3. The van der Waals surface area contributed by atoms with E-state index in [-0.39, 0.29) is 24.1 Å². The number of nitrogens with one attached hydrogen (secondary N) is 2. The first-order valence-corrected chi connectivity index (χ1v) is 13.1. The minimum Gasteiger partial charge on any atom is -0.484 e. The summed E-state index contributed by atoms with van der Waals surface area (Å²) in [5, 5.41) is 5.71. The van der Waals surface area contributed by atoms with Gasteiger partial charge in [-0.15, -0.1) is 0 Å². The molecule has 1 saturated carbocycles. The van der Waals surface area contributed by atoms with Crippen molar-refractivity contribution in [3.8, 4) is 5.75 Å². The van der Waals surface area contributed by atoms with Crippen LogP contribution >= 0.6 is 0 Å². The van der Waals surface area contributed by atoms with Crippen LogP contribution in [0.2, 0.25) is 0 Å². The maximum absolute atomic E-state index is 13.5.